The van der Waals surface area contributed by atoms with Gasteiger partial charge in [-0.3, -0.25) is 4.90 Å². The Kier molecular flexibility index (Phi) is 5.98. The van der Waals surface area contributed by atoms with Crippen molar-refractivity contribution in [3.05, 3.63) is 35.6 Å². The minimum atomic E-state index is 0.380. The first-order valence-corrected chi connectivity index (χ1v) is 11.5. The van der Waals surface area contributed by atoms with Crippen LogP contribution in [-0.4, -0.2) is 65.2 Å². The lowest BCUT2D eigenvalue weighted by atomic mass is 9.89. The van der Waals surface area contributed by atoms with Crippen LogP contribution in [0.1, 0.15) is 25.7 Å². The van der Waals surface area contributed by atoms with E-state index < -0.39 is 0 Å². The average molecular weight is 441 g/mol. The second-order valence-corrected chi connectivity index (χ2v) is 8.86. The smallest absolute Gasteiger partial charge is 0.223 e. The van der Waals surface area contributed by atoms with Gasteiger partial charge in [-0.1, -0.05) is 11.6 Å². The number of ether oxygens (including phenoxy) is 1. The molecule has 0 bridgehead atoms. The first-order chi connectivity index (χ1) is 15.2. The van der Waals surface area contributed by atoms with Crippen molar-refractivity contribution in [3.63, 3.8) is 0 Å². The number of rotatable bonds is 5. The molecule has 0 amide bonds. The number of hydrogen-bond acceptors (Lipinski definition) is 6. The summed E-state index contributed by atoms with van der Waals surface area (Å²) in [5.74, 6) is 1.45. The van der Waals surface area contributed by atoms with Crippen LogP contribution < -0.4 is 15.4 Å². The molecule has 2 aromatic heterocycles. The number of aromatic nitrogens is 3. The van der Waals surface area contributed by atoms with Crippen molar-refractivity contribution in [2.45, 2.75) is 37.8 Å². The lowest BCUT2D eigenvalue weighted by Gasteiger charge is -2.39. The zero-order valence-electron chi connectivity index (χ0n) is 17.8. The van der Waals surface area contributed by atoms with Gasteiger partial charge in [0.15, 0.2) is 0 Å². The largest absolute Gasteiger partial charge is 0.497 e. The Balaban J connectivity index is 1.36. The summed E-state index contributed by atoms with van der Waals surface area (Å²) in [4.78, 5) is 15.2. The van der Waals surface area contributed by atoms with E-state index in [1.54, 1.807) is 13.3 Å². The van der Waals surface area contributed by atoms with Gasteiger partial charge in [-0.15, -0.1) is 0 Å². The second-order valence-electron chi connectivity index (χ2n) is 8.45. The third-order valence-electron chi connectivity index (χ3n) is 6.54. The number of methoxy groups -OCH3 is 1. The van der Waals surface area contributed by atoms with Crippen molar-refractivity contribution in [1.29, 1.82) is 0 Å². The Labute approximate surface area is 187 Å². The summed E-state index contributed by atoms with van der Waals surface area (Å²) in [7, 11) is 1.67. The first-order valence-electron chi connectivity index (χ1n) is 11.1. The van der Waals surface area contributed by atoms with E-state index in [-0.39, 0.29) is 0 Å². The molecule has 164 valence electrons. The summed E-state index contributed by atoms with van der Waals surface area (Å²) in [6.07, 6.45) is 8.43. The highest BCUT2D eigenvalue weighted by atomic mass is 35.5. The molecular weight excluding hydrogens is 412 g/mol. The number of hydrogen-bond donors (Lipinski definition) is 3. The molecule has 3 N–H and O–H groups in total. The molecule has 1 aliphatic heterocycles. The second kappa shape index (κ2) is 9.02. The van der Waals surface area contributed by atoms with Crippen molar-refractivity contribution in [2.24, 2.45) is 0 Å². The van der Waals surface area contributed by atoms with Crippen molar-refractivity contribution >= 4 is 28.5 Å². The van der Waals surface area contributed by atoms with Gasteiger partial charge in [0, 0.05) is 60.9 Å². The van der Waals surface area contributed by atoms with Crippen LogP contribution in [0.25, 0.3) is 22.2 Å². The topological polar surface area (TPSA) is 78.1 Å². The van der Waals surface area contributed by atoms with Gasteiger partial charge in [0.1, 0.15) is 5.75 Å². The molecule has 1 saturated heterocycles. The molecule has 2 aliphatic rings. The first kappa shape index (κ1) is 20.5. The number of H-pyrrole nitrogens is 1. The van der Waals surface area contributed by atoms with E-state index in [4.69, 9.17) is 21.3 Å². The van der Waals surface area contributed by atoms with Gasteiger partial charge in [0.25, 0.3) is 0 Å². The Morgan fingerprint density at radius 2 is 2.10 bits per heavy atom. The number of anilines is 1. The fourth-order valence-electron chi connectivity index (χ4n) is 4.90. The van der Waals surface area contributed by atoms with Gasteiger partial charge in [-0.05, 0) is 43.9 Å². The van der Waals surface area contributed by atoms with Gasteiger partial charge in [-0.25, -0.2) is 9.97 Å². The lowest BCUT2D eigenvalue weighted by Crippen LogP contribution is -2.50. The molecule has 5 rings (SSSR count). The van der Waals surface area contributed by atoms with Gasteiger partial charge >= 0.3 is 0 Å². The summed E-state index contributed by atoms with van der Waals surface area (Å²) in [5, 5.41) is 8.61. The van der Waals surface area contributed by atoms with Crippen molar-refractivity contribution in [3.8, 4) is 17.0 Å². The number of piperazine rings is 1. The molecule has 0 spiro atoms. The highest BCUT2D eigenvalue weighted by molar-refractivity contribution is 6.33. The van der Waals surface area contributed by atoms with E-state index in [1.165, 1.54) is 12.8 Å². The molecule has 0 radical (unpaired) electrons. The van der Waals surface area contributed by atoms with Gasteiger partial charge < -0.3 is 20.4 Å². The third-order valence-corrected chi connectivity index (χ3v) is 6.81. The predicted octanol–water partition coefficient (Wildman–Crippen LogP) is 3.92. The highest BCUT2D eigenvalue weighted by Gasteiger charge is 2.28. The summed E-state index contributed by atoms with van der Waals surface area (Å²) >= 11 is 6.52. The third kappa shape index (κ3) is 4.35. The van der Waals surface area contributed by atoms with Crippen LogP contribution in [0.5, 0.6) is 5.75 Å². The van der Waals surface area contributed by atoms with Crippen LogP contribution in [0.4, 0.5) is 5.95 Å². The summed E-state index contributed by atoms with van der Waals surface area (Å²) < 4.78 is 5.40. The normalized spacial score (nSPS) is 22.5. The van der Waals surface area contributed by atoms with E-state index in [0.29, 0.717) is 23.1 Å². The van der Waals surface area contributed by atoms with Crippen molar-refractivity contribution in [2.75, 3.05) is 38.6 Å². The maximum absolute atomic E-state index is 6.52. The number of nitrogens with zero attached hydrogens (tertiary/aromatic N) is 3. The number of aromatic amines is 1. The summed E-state index contributed by atoms with van der Waals surface area (Å²) in [5.41, 5.74) is 2.70. The number of nitrogens with one attached hydrogen (secondary N) is 3. The Morgan fingerprint density at radius 3 is 2.94 bits per heavy atom. The molecule has 1 aromatic carbocycles. The standard InChI is InChI=1S/C23H29ClN6O/c1-31-17-5-6-21-18(12-17)19(13-26-21)22-20(24)14-27-23(29-22)28-15-3-2-4-16(11-15)30-9-7-25-8-10-30/h5-6,12-16,25-26H,2-4,7-11H2,1H3,(H,27,28,29). The SMILES string of the molecule is COc1ccc2[nH]cc(-c3nc(NC4CCCC(N5CCNCC5)C4)ncc3Cl)c2c1. The lowest BCUT2D eigenvalue weighted by molar-refractivity contribution is 0.134. The van der Waals surface area contributed by atoms with E-state index in [0.717, 1.165) is 66.9 Å². The maximum atomic E-state index is 6.52. The number of halogens is 1. The van der Waals surface area contributed by atoms with Crippen LogP contribution in [0.15, 0.2) is 30.6 Å². The van der Waals surface area contributed by atoms with Crippen LogP contribution in [0, 0.1) is 0 Å². The minimum Gasteiger partial charge on any atom is -0.497 e. The Hall–Kier alpha value is -2.35. The van der Waals surface area contributed by atoms with Crippen LogP contribution >= 0.6 is 11.6 Å². The van der Waals surface area contributed by atoms with Crippen LogP contribution in [0.2, 0.25) is 5.02 Å². The quantitative estimate of drug-likeness (QED) is 0.558. The van der Waals surface area contributed by atoms with E-state index in [1.807, 2.05) is 24.4 Å². The van der Waals surface area contributed by atoms with Gasteiger partial charge in [0.05, 0.1) is 24.0 Å². The molecule has 3 aromatic rings. The average Bonchev–Trinajstić information content (AvgIpc) is 3.24. The zero-order valence-corrected chi connectivity index (χ0v) is 18.6. The van der Waals surface area contributed by atoms with Crippen molar-refractivity contribution in [1.82, 2.24) is 25.2 Å². The Bertz CT molecular complexity index is 1050. The molecule has 2 unspecified atom stereocenters. The van der Waals surface area contributed by atoms with Crippen LogP contribution in [0.3, 0.4) is 0 Å². The number of benzene rings is 1. The minimum absolute atomic E-state index is 0.380. The highest BCUT2D eigenvalue weighted by Crippen LogP contribution is 2.34. The Morgan fingerprint density at radius 1 is 1.23 bits per heavy atom. The molecule has 2 fully saturated rings. The molecule has 2 atom stereocenters. The van der Waals surface area contributed by atoms with Crippen molar-refractivity contribution < 1.29 is 4.74 Å². The molecule has 1 aliphatic carbocycles. The number of fused-ring (bicyclic) bond motifs is 1. The fourth-order valence-corrected chi connectivity index (χ4v) is 5.10. The van der Waals surface area contributed by atoms with E-state index in [9.17, 15) is 0 Å². The monoisotopic (exact) mass is 440 g/mol. The molecule has 7 nitrogen and oxygen atoms in total. The van der Waals surface area contributed by atoms with Crippen LogP contribution in [-0.2, 0) is 0 Å². The molecule has 8 heteroatoms. The fraction of sp³-hybridized carbons (Fsp3) is 0.478. The van der Waals surface area contributed by atoms with Gasteiger partial charge in [0.2, 0.25) is 5.95 Å². The summed E-state index contributed by atoms with van der Waals surface area (Å²) in [6, 6.07) is 6.97. The van der Waals surface area contributed by atoms with Gasteiger partial charge in [-0.2, -0.15) is 0 Å². The van der Waals surface area contributed by atoms with E-state index >= 15 is 0 Å². The summed E-state index contributed by atoms with van der Waals surface area (Å²) in [6.45, 7) is 4.47. The molecular formula is C23H29ClN6O. The predicted molar refractivity (Wildman–Crippen MR) is 125 cm³/mol. The maximum Gasteiger partial charge on any atom is 0.223 e. The van der Waals surface area contributed by atoms with E-state index in [2.05, 4.69) is 25.5 Å². The zero-order chi connectivity index (χ0) is 21.2. The molecule has 31 heavy (non-hydrogen) atoms. The molecule has 3 heterocycles. The molecule has 1 saturated carbocycles.